The van der Waals surface area contributed by atoms with E-state index in [0.717, 1.165) is 18.2 Å². The van der Waals surface area contributed by atoms with Crippen LogP contribution >= 0.6 is 0 Å². The summed E-state index contributed by atoms with van der Waals surface area (Å²) in [5.74, 6) is -2.08. The van der Waals surface area contributed by atoms with Gasteiger partial charge in [0.1, 0.15) is 12.3 Å². The Morgan fingerprint density at radius 1 is 1.44 bits per heavy atom. The van der Waals surface area contributed by atoms with Gasteiger partial charge in [-0.25, -0.2) is 0 Å². The van der Waals surface area contributed by atoms with E-state index < -0.39 is 69.1 Å². The van der Waals surface area contributed by atoms with E-state index in [-0.39, 0.29) is 39.3 Å². The van der Waals surface area contributed by atoms with Gasteiger partial charge in [0.15, 0.2) is 0 Å². The minimum absolute atomic E-state index is 0.139. The second-order valence-corrected chi connectivity index (χ2v) is 5.15. The van der Waals surface area contributed by atoms with Crippen molar-refractivity contribution in [2.24, 2.45) is 0 Å². The third-order valence-electron chi connectivity index (χ3n) is 3.44. The van der Waals surface area contributed by atoms with Gasteiger partial charge in [0.25, 0.3) is 0 Å². The third kappa shape index (κ3) is 4.09. The summed E-state index contributed by atoms with van der Waals surface area (Å²) in [5.41, 5.74) is -1.65. The minimum atomic E-state index is -3.02. The van der Waals surface area contributed by atoms with Crippen LogP contribution in [0.15, 0.2) is 48.4 Å². The molecule has 1 aliphatic heterocycles. The van der Waals surface area contributed by atoms with Crippen LogP contribution in [-0.4, -0.2) is 36.5 Å². The Bertz CT molecular complexity index is 1330. The van der Waals surface area contributed by atoms with Crippen molar-refractivity contribution in [1.29, 1.82) is 0 Å². The van der Waals surface area contributed by atoms with Gasteiger partial charge in [-0.3, -0.25) is 4.79 Å². The Morgan fingerprint density at radius 2 is 2.28 bits per heavy atom. The molecule has 3 rings (SSSR count). The van der Waals surface area contributed by atoms with E-state index in [9.17, 15) is 9.90 Å². The predicted molar refractivity (Wildman–Crippen MR) is 98.8 cm³/mol. The second kappa shape index (κ2) is 7.53. The molecule has 25 heavy (non-hydrogen) atoms. The number of benzene rings is 2. The quantitative estimate of drug-likeness (QED) is 0.894. The summed E-state index contributed by atoms with van der Waals surface area (Å²) in [4.78, 5) is 11.8. The van der Waals surface area contributed by atoms with Crippen LogP contribution in [-0.2, 0) is 17.7 Å². The fourth-order valence-electron chi connectivity index (χ4n) is 2.41. The minimum Gasteiger partial charge on any atom is -0.488 e. The zero-order valence-corrected chi connectivity index (χ0v) is 12.9. The molecule has 0 aromatic heterocycles. The first-order valence-electron chi connectivity index (χ1n) is 14.3. The van der Waals surface area contributed by atoms with E-state index in [1.807, 2.05) is 0 Å². The summed E-state index contributed by atoms with van der Waals surface area (Å²) >= 11 is 0. The highest BCUT2D eigenvalue weighted by Gasteiger charge is 2.19. The molecule has 0 aliphatic carbocycles. The van der Waals surface area contributed by atoms with Gasteiger partial charge in [0.2, 0.25) is 0 Å². The summed E-state index contributed by atoms with van der Waals surface area (Å²) in [7, 11) is 0. The number of ether oxygens (including phenoxy) is 1. The molecule has 0 amide bonds. The van der Waals surface area contributed by atoms with Crippen LogP contribution in [0.3, 0.4) is 0 Å². The van der Waals surface area contributed by atoms with Crippen LogP contribution in [0.25, 0.3) is 5.57 Å². The van der Waals surface area contributed by atoms with Crippen LogP contribution in [0.1, 0.15) is 47.9 Å². The average molecular weight is 352 g/mol. The largest absolute Gasteiger partial charge is 0.488 e. The molecule has 130 valence electrons. The molecule has 0 unspecified atom stereocenters. The van der Waals surface area contributed by atoms with Crippen LogP contribution in [0, 0.1) is 0 Å². The Morgan fingerprint density at radius 3 is 3.08 bits per heavy atom. The fraction of sp³-hybridized carbons (Fsp3) is 0.286. The van der Waals surface area contributed by atoms with E-state index in [1.54, 1.807) is 0 Å². The zero-order valence-electron chi connectivity index (χ0n) is 26.9. The monoisotopic (exact) mass is 351 g/mol. The molecule has 0 fully saturated rings. The molecule has 4 heteroatoms. The molecule has 0 spiro atoms. The SMILES string of the molecule is [2H]c1c([2H])c([2H])c2c(c1[2H])/C(=C/CCN(C([2H])([2H])[2H])C([2H])([2H])[2H])c1cc(C([2H])([2H])C(=O)O)ccc1OC2([2H])[2H]. The van der Waals surface area contributed by atoms with Gasteiger partial charge >= 0.3 is 5.97 Å². The van der Waals surface area contributed by atoms with Gasteiger partial charge in [-0.05, 0) is 54.8 Å². The lowest BCUT2D eigenvalue weighted by molar-refractivity contribution is -0.136. The Hall–Kier alpha value is -2.59. The van der Waals surface area contributed by atoms with Crippen LogP contribution in [0.4, 0.5) is 0 Å². The molecule has 2 aromatic rings. The van der Waals surface area contributed by atoms with E-state index >= 15 is 0 Å². The van der Waals surface area contributed by atoms with E-state index in [4.69, 9.17) is 23.9 Å². The average Bonchev–Trinajstić information content (AvgIpc) is 2.88. The lowest BCUT2D eigenvalue weighted by Gasteiger charge is -2.13. The van der Waals surface area contributed by atoms with E-state index in [0.29, 0.717) is 0 Å². The molecule has 0 atom stereocenters. The standard InChI is InChI=1S/C21H23NO3/c1-22(2)11-5-8-18-17-7-4-3-6-16(17)14-25-20-10-9-15(12-19(18)20)13-21(23)24/h3-4,6-10,12H,5,11,13-14H2,1-2H3,(H,23,24)/b18-8-/i1D3,2D3,3D,4D,6D,7D,13D2,14D2. The highest BCUT2D eigenvalue weighted by Crippen LogP contribution is 2.37. The summed E-state index contributed by atoms with van der Waals surface area (Å²) in [6.07, 6.45) is -2.01. The number of aliphatic carboxylic acids is 1. The highest BCUT2D eigenvalue weighted by molar-refractivity contribution is 5.85. The Labute approximate surface area is 168 Å². The van der Waals surface area contributed by atoms with Crippen molar-refractivity contribution in [1.82, 2.24) is 4.90 Å². The van der Waals surface area contributed by atoms with Crippen LogP contribution in [0.2, 0.25) is 0 Å². The van der Waals surface area contributed by atoms with Gasteiger partial charge in [-0.2, -0.15) is 0 Å². The number of hydrogen-bond acceptors (Lipinski definition) is 3. The molecule has 1 aliphatic rings. The molecule has 0 radical (unpaired) electrons. The molecule has 0 saturated heterocycles. The van der Waals surface area contributed by atoms with Crippen LogP contribution < -0.4 is 4.74 Å². The van der Waals surface area contributed by atoms with Crippen molar-refractivity contribution < 1.29 is 33.8 Å². The predicted octanol–water partition coefficient (Wildman–Crippen LogP) is 3.59. The third-order valence-corrected chi connectivity index (χ3v) is 3.44. The first-order valence-corrected chi connectivity index (χ1v) is 7.28. The van der Waals surface area contributed by atoms with Crippen LogP contribution in [0.5, 0.6) is 5.75 Å². The molecular weight excluding hydrogens is 314 g/mol. The smallest absolute Gasteiger partial charge is 0.307 e. The first-order chi connectivity index (χ1) is 17.6. The first kappa shape index (κ1) is 6.96. The van der Waals surface area contributed by atoms with Crippen molar-refractivity contribution >= 4 is 11.5 Å². The maximum absolute atomic E-state index is 11.6. The number of carbonyl (C=O) groups is 1. The second-order valence-electron chi connectivity index (χ2n) is 5.15. The number of fused-ring (bicyclic) bond motifs is 2. The number of nitrogens with zero attached hydrogens (tertiary/aromatic N) is 1. The van der Waals surface area contributed by atoms with Crippen molar-refractivity contribution in [3.8, 4) is 5.75 Å². The zero-order chi connectivity index (χ0) is 29.9. The van der Waals surface area contributed by atoms with Crippen molar-refractivity contribution in [3.63, 3.8) is 0 Å². The molecule has 0 saturated carbocycles. The van der Waals surface area contributed by atoms with Gasteiger partial charge in [0, 0.05) is 23.1 Å². The Kier molecular flexibility index (Phi) is 2.10. The van der Waals surface area contributed by atoms with E-state index in [1.165, 1.54) is 6.08 Å². The summed E-state index contributed by atoms with van der Waals surface area (Å²) < 4.78 is 117. The summed E-state index contributed by atoms with van der Waals surface area (Å²) in [6, 6.07) is 0.249. The van der Waals surface area contributed by atoms with Gasteiger partial charge in [-0.1, -0.05) is 36.3 Å². The number of carboxylic acids is 1. The molecular formula is C21H23NO3. The van der Waals surface area contributed by atoms with Gasteiger partial charge in [-0.15, -0.1) is 0 Å². The maximum Gasteiger partial charge on any atom is 0.307 e. The number of rotatable bonds is 5. The number of carboxylic acid groups (broad SMARTS) is 1. The fourth-order valence-corrected chi connectivity index (χ4v) is 2.41. The lowest BCUT2D eigenvalue weighted by Crippen LogP contribution is -2.12. The maximum atomic E-state index is 11.6. The molecule has 1 heterocycles. The summed E-state index contributed by atoms with van der Waals surface area (Å²) in [5, 5.41) is 9.37. The molecule has 4 nitrogen and oxygen atoms in total. The normalized spacial score (nSPS) is 26.4. The Balaban J connectivity index is 2.36. The van der Waals surface area contributed by atoms with Gasteiger partial charge in [0.05, 0.1) is 14.6 Å². The topological polar surface area (TPSA) is 49.8 Å². The van der Waals surface area contributed by atoms with Crippen molar-refractivity contribution in [2.45, 2.75) is 19.4 Å². The highest BCUT2D eigenvalue weighted by atomic mass is 16.5. The lowest BCUT2D eigenvalue weighted by atomic mass is 9.92. The molecule has 1 N–H and O–H groups in total. The summed E-state index contributed by atoms with van der Waals surface area (Å²) in [6.45, 7) is -9.45. The van der Waals surface area contributed by atoms with Gasteiger partial charge < -0.3 is 14.7 Å². The van der Waals surface area contributed by atoms with Crippen molar-refractivity contribution in [2.75, 3.05) is 20.5 Å². The number of hydrogen-bond donors (Lipinski definition) is 1. The molecule has 0 bridgehead atoms. The van der Waals surface area contributed by atoms with E-state index in [2.05, 4.69) is 0 Å². The molecule has 2 aromatic carbocycles. The van der Waals surface area contributed by atoms with Crippen molar-refractivity contribution in [3.05, 3.63) is 70.7 Å².